The van der Waals surface area contributed by atoms with Crippen molar-refractivity contribution in [2.24, 2.45) is 0 Å². The summed E-state index contributed by atoms with van der Waals surface area (Å²) in [4.78, 5) is 5.47. The Morgan fingerprint density at radius 1 is 0.846 bits per heavy atom. The molecule has 0 bridgehead atoms. The third-order valence-corrected chi connectivity index (χ3v) is 3.87. The fraction of sp³-hybridized carbons (Fsp3) is 0.133. The Morgan fingerprint density at radius 3 is 2.08 bits per heavy atom. The second-order valence-corrected chi connectivity index (χ2v) is 5.94. The van der Waals surface area contributed by atoms with Crippen molar-refractivity contribution < 1.29 is 31.1 Å². The van der Waals surface area contributed by atoms with E-state index in [-0.39, 0.29) is 32.6 Å². The summed E-state index contributed by atoms with van der Waals surface area (Å²) in [7, 11) is 0. The highest BCUT2D eigenvalue weighted by Crippen LogP contribution is 2.39. The van der Waals surface area contributed by atoms with E-state index < -0.39 is 23.7 Å². The Morgan fingerprint density at radius 2 is 1.50 bits per heavy atom. The van der Waals surface area contributed by atoms with Crippen LogP contribution < -0.4 is 4.74 Å². The fourth-order valence-corrected chi connectivity index (χ4v) is 2.52. The maximum absolute atomic E-state index is 12.7. The minimum atomic E-state index is -4.68. The van der Waals surface area contributed by atoms with E-state index in [1.165, 1.54) is 0 Å². The maximum Gasteiger partial charge on any atom is 0.449 e. The molecule has 1 aromatic heterocycles. The van der Waals surface area contributed by atoms with E-state index >= 15 is 0 Å². The van der Waals surface area contributed by atoms with Crippen LogP contribution in [0.1, 0.15) is 11.4 Å². The normalized spacial score (nSPS) is 12.6. The zero-order valence-corrected chi connectivity index (χ0v) is 13.8. The molecule has 1 heterocycles. The third kappa shape index (κ3) is 3.68. The molecule has 3 aromatic rings. The van der Waals surface area contributed by atoms with Gasteiger partial charge in [0.1, 0.15) is 11.5 Å². The predicted octanol–water partition coefficient (Wildman–Crippen LogP) is 6.70. The maximum atomic E-state index is 12.7. The van der Waals surface area contributed by atoms with Gasteiger partial charge in [-0.05, 0) is 24.3 Å². The number of fused-ring (bicyclic) bond motifs is 1. The van der Waals surface area contributed by atoms with E-state index in [0.29, 0.717) is 6.07 Å². The molecule has 0 fully saturated rings. The molecule has 0 saturated heterocycles. The average molecular weight is 415 g/mol. The van der Waals surface area contributed by atoms with Crippen molar-refractivity contribution in [1.29, 1.82) is 0 Å². The summed E-state index contributed by atoms with van der Waals surface area (Å²) in [6.45, 7) is 0. The fourth-order valence-electron chi connectivity index (χ4n) is 2.10. The lowest BCUT2D eigenvalue weighted by Crippen LogP contribution is -2.06. The molecule has 0 saturated carbocycles. The van der Waals surface area contributed by atoms with Crippen LogP contribution in [0.25, 0.3) is 11.0 Å². The van der Waals surface area contributed by atoms with Gasteiger partial charge in [0.05, 0.1) is 26.6 Å². The van der Waals surface area contributed by atoms with Crippen molar-refractivity contribution in [1.82, 2.24) is 9.97 Å². The molecule has 0 radical (unpaired) electrons. The molecule has 0 amide bonds. The minimum Gasteiger partial charge on any atom is -0.454 e. The van der Waals surface area contributed by atoms with Gasteiger partial charge in [0.2, 0.25) is 5.82 Å². The van der Waals surface area contributed by atoms with E-state index in [4.69, 9.17) is 27.9 Å². The first-order chi connectivity index (χ1) is 11.9. The molecule has 3 nitrogen and oxygen atoms in total. The third-order valence-electron chi connectivity index (χ3n) is 3.28. The predicted molar refractivity (Wildman–Crippen MR) is 82.6 cm³/mol. The molecular formula is C15H6Cl2F6N2O. The average Bonchev–Trinajstić information content (AvgIpc) is 2.91. The van der Waals surface area contributed by atoms with E-state index in [9.17, 15) is 26.3 Å². The molecule has 0 aliphatic heterocycles. The van der Waals surface area contributed by atoms with Crippen molar-refractivity contribution in [3.8, 4) is 11.5 Å². The molecule has 3 rings (SSSR count). The highest BCUT2D eigenvalue weighted by Gasteiger charge is 2.35. The molecule has 1 N–H and O–H groups in total. The van der Waals surface area contributed by atoms with Gasteiger partial charge in [0, 0.05) is 6.07 Å². The van der Waals surface area contributed by atoms with Crippen molar-refractivity contribution in [2.75, 3.05) is 0 Å². The van der Waals surface area contributed by atoms with E-state index in [0.717, 1.165) is 24.3 Å². The molecule has 26 heavy (non-hydrogen) atoms. The van der Waals surface area contributed by atoms with Crippen LogP contribution in [-0.2, 0) is 12.4 Å². The van der Waals surface area contributed by atoms with Crippen LogP contribution in [0.2, 0.25) is 10.0 Å². The summed E-state index contributed by atoms with van der Waals surface area (Å²) in [6.07, 6.45) is -9.26. The largest absolute Gasteiger partial charge is 0.454 e. The van der Waals surface area contributed by atoms with Crippen LogP contribution in [0.15, 0.2) is 30.3 Å². The van der Waals surface area contributed by atoms with Crippen LogP contribution in [-0.4, -0.2) is 9.97 Å². The summed E-state index contributed by atoms with van der Waals surface area (Å²) >= 11 is 11.7. The molecule has 0 unspecified atom stereocenters. The first-order valence-electron chi connectivity index (χ1n) is 6.76. The van der Waals surface area contributed by atoms with Crippen molar-refractivity contribution in [3.63, 3.8) is 0 Å². The van der Waals surface area contributed by atoms with Gasteiger partial charge in [0.15, 0.2) is 0 Å². The van der Waals surface area contributed by atoms with Crippen LogP contribution in [0.5, 0.6) is 11.5 Å². The summed E-state index contributed by atoms with van der Waals surface area (Å²) in [6, 6.07) is 4.69. The van der Waals surface area contributed by atoms with Crippen molar-refractivity contribution in [2.45, 2.75) is 12.4 Å². The molecule has 0 aliphatic carbocycles. The molecule has 0 atom stereocenters. The second kappa shape index (κ2) is 6.24. The molecule has 138 valence electrons. The Balaban J connectivity index is 1.97. The summed E-state index contributed by atoms with van der Waals surface area (Å²) in [5.74, 6) is -1.47. The van der Waals surface area contributed by atoms with E-state index in [1.54, 1.807) is 0 Å². The zero-order chi connectivity index (χ0) is 19.3. The van der Waals surface area contributed by atoms with Gasteiger partial charge >= 0.3 is 12.4 Å². The van der Waals surface area contributed by atoms with Crippen LogP contribution in [0.4, 0.5) is 26.3 Å². The highest BCUT2D eigenvalue weighted by molar-refractivity contribution is 6.33. The number of aromatic amines is 1. The first kappa shape index (κ1) is 18.7. The second-order valence-electron chi connectivity index (χ2n) is 5.13. The summed E-state index contributed by atoms with van der Waals surface area (Å²) in [5, 5.41) is -0.417. The number of nitrogens with zero attached hydrogens (tertiary/aromatic N) is 1. The number of rotatable bonds is 2. The quantitative estimate of drug-likeness (QED) is 0.473. The number of nitrogens with one attached hydrogen (secondary N) is 1. The van der Waals surface area contributed by atoms with Crippen LogP contribution >= 0.6 is 23.2 Å². The van der Waals surface area contributed by atoms with E-state index in [1.807, 2.05) is 0 Å². The number of hydrogen-bond acceptors (Lipinski definition) is 2. The van der Waals surface area contributed by atoms with Gasteiger partial charge < -0.3 is 9.72 Å². The van der Waals surface area contributed by atoms with Gasteiger partial charge in [-0.3, -0.25) is 0 Å². The lowest BCUT2D eigenvalue weighted by molar-refractivity contribution is -0.144. The van der Waals surface area contributed by atoms with Gasteiger partial charge in [-0.1, -0.05) is 23.2 Å². The van der Waals surface area contributed by atoms with Gasteiger partial charge in [-0.25, -0.2) is 4.98 Å². The number of ether oxygens (including phenoxy) is 1. The van der Waals surface area contributed by atoms with E-state index in [2.05, 4.69) is 9.97 Å². The molecule has 11 heteroatoms. The van der Waals surface area contributed by atoms with Crippen molar-refractivity contribution in [3.05, 3.63) is 51.8 Å². The van der Waals surface area contributed by atoms with Crippen LogP contribution in [0.3, 0.4) is 0 Å². The summed E-state index contributed by atoms with van der Waals surface area (Å²) in [5.41, 5.74) is -1.04. The number of halogens is 8. The molecule has 2 aromatic carbocycles. The lowest BCUT2D eigenvalue weighted by Gasteiger charge is -2.12. The number of imidazole rings is 1. The SMILES string of the molecule is FC(F)(F)c1ccc(Oc2cc3nc(C(F)(F)F)[nH]c3cc2Cl)c(Cl)c1. The monoisotopic (exact) mass is 414 g/mol. The van der Waals surface area contributed by atoms with Gasteiger partial charge in [-0.2, -0.15) is 26.3 Å². The Bertz CT molecular complexity index is 981. The standard InChI is InChI=1S/C15H6Cl2F6N2O/c16-7-3-6(14(18,19)20)1-2-11(7)26-12-5-10-9(4-8(12)17)24-13(25-10)15(21,22)23/h1-5H,(H,24,25). The first-order valence-corrected chi connectivity index (χ1v) is 7.52. The smallest absolute Gasteiger partial charge is 0.449 e. The number of benzene rings is 2. The summed E-state index contributed by atoms with van der Waals surface area (Å²) < 4.78 is 81.3. The molecular weight excluding hydrogens is 409 g/mol. The topological polar surface area (TPSA) is 37.9 Å². The highest BCUT2D eigenvalue weighted by atomic mass is 35.5. The number of H-pyrrole nitrogens is 1. The zero-order valence-electron chi connectivity index (χ0n) is 12.3. The molecule has 0 spiro atoms. The minimum absolute atomic E-state index is 0.0215. The van der Waals surface area contributed by atoms with Gasteiger partial charge in [-0.15, -0.1) is 0 Å². The van der Waals surface area contributed by atoms with Gasteiger partial charge in [0.25, 0.3) is 0 Å². The Hall–Kier alpha value is -2.13. The number of hydrogen-bond donors (Lipinski definition) is 1. The Labute approximate surface area is 151 Å². The number of alkyl halides is 6. The lowest BCUT2D eigenvalue weighted by atomic mass is 10.2. The number of aromatic nitrogens is 2. The molecule has 0 aliphatic rings. The van der Waals surface area contributed by atoms with Crippen molar-refractivity contribution >= 4 is 34.2 Å². The Kier molecular flexibility index (Phi) is 4.48. The van der Waals surface area contributed by atoms with Crippen LogP contribution in [0, 0.1) is 0 Å².